The van der Waals surface area contributed by atoms with Crippen molar-refractivity contribution in [3.8, 4) is 11.8 Å². The molecule has 1 aliphatic carbocycles. The van der Waals surface area contributed by atoms with E-state index in [2.05, 4.69) is 30.2 Å². The zero-order valence-electron chi connectivity index (χ0n) is 18.3. The van der Waals surface area contributed by atoms with Gasteiger partial charge in [-0.2, -0.15) is 9.97 Å². The van der Waals surface area contributed by atoms with Crippen LogP contribution in [-0.4, -0.2) is 50.6 Å². The fraction of sp³-hybridized carbons (Fsp3) is 0.391. The van der Waals surface area contributed by atoms with Crippen LogP contribution in [-0.2, 0) is 6.42 Å². The van der Waals surface area contributed by atoms with Crippen molar-refractivity contribution in [1.29, 1.82) is 0 Å². The Balaban J connectivity index is 1.48. The van der Waals surface area contributed by atoms with Gasteiger partial charge < -0.3 is 25.7 Å². The molecule has 2 aliphatic heterocycles. The third-order valence-electron chi connectivity index (χ3n) is 7.61. The molecule has 3 aliphatic rings. The smallest absolute Gasteiger partial charge is 0.326 e. The van der Waals surface area contributed by atoms with Crippen LogP contribution in [0.2, 0.25) is 0 Å². The molecule has 0 radical (unpaired) electrons. The highest BCUT2D eigenvalue weighted by molar-refractivity contribution is 6.16. The lowest BCUT2D eigenvalue weighted by Gasteiger charge is -2.39. The summed E-state index contributed by atoms with van der Waals surface area (Å²) in [5.41, 5.74) is 9.19. The van der Waals surface area contributed by atoms with E-state index in [0.717, 1.165) is 35.1 Å². The highest BCUT2D eigenvalue weighted by Crippen LogP contribution is 2.51. The molecule has 0 amide bonds. The van der Waals surface area contributed by atoms with E-state index in [1.807, 2.05) is 6.92 Å². The van der Waals surface area contributed by atoms with Gasteiger partial charge in [0.1, 0.15) is 23.1 Å². The van der Waals surface area contributed by atoms with Crippen LogP contribution in [0.1, 0.15) is 17.8 Å². The number of halogens is 1. The van der Waals surface area contributed by atoms with Gasteiger partial charge >= 0.3 is 6.01 Å². The number of fused-ring (bicyclic) bond motifs is 4. The van der Waals surface area contributed by atoms with Crippen LogP contribution in [0, 0.1) is 24.6 Å². The SMILES string of the molecule is CNc1cc(F)c2c3c1[nH]c1nc(Oc4cnc(C)nc4)nc(c13)N1CC3C(N)CC3C1C2. The molecule has 4 unspecified atom stereocenters. The fourth-order valence-electron chi connectivity index (χ4n) is 5.96. The molecule has 33 heavy (non-hydrogen) atoms. The molecule has 10 heteroatoms. The number of nitrogens with two attached hydrogens (primary N) is 1. The summed E-state index contributed by atoms with van der Waals surface area (Å²) < 4.78 is 21.3. The normalized spacial score (nSPS) is 25.2. The van der Waals surface area contributed by atoms with E-state index < -0.39 is 0 Å². The first-order valence-electron chi connectivity index (χ1n) is 11.2. The molecule has 3 aromatic heterocycles. The lowest BCUT2D eigenvalue weighted by atomic mass is 9.68. The quantitative estimate of drug-likeness (QED) is 0.440. The molecule has 7 rings (SSSR count). The molecule has 2 fully saturated rings. The van der Waals surface area contributed by atoms with Gasteiger partial charge in [-0.15, -0.1) is 0 Å². The van der Waals surface area contributed by atoms with E-state index in [4.69, 9.17) is 15.5 Å². The Hall–Kier alpha value is -3.53. The number of aryl methyl sites for hydroxylation is 1. The molecule has 0 bridgehead atoms. The van der Waals surface area contributed by atoms with E-state index in [9.17, 15) is 0 Å². The summed E-state index contributed by atoms with van der Waals surface area (Å²) in [6, 6.07) is 2.10. The molecule has 168 valence electrons. The van der Waals surface area contributed by atoms with Crippen LogP contribution in [0.25, 0.3) is 21.9 Å². The van der Waals surface area contributed by atoms with Crippen LogP contribution >= 0.6 is 0 Å². The third kappa shape index (κ3) is 2.55. The Labute approximate surface area is 188 Å². The first-order chi connectivity index (χ1) is 16.0. The van der Waals surface area contributed by atoms with Crippen molar-refractivity contribution < 1.29 is 9.13 Å². The third-order valence-corrected chi connectivity index (χ3v) is 7.61. The molecule has 4 N–H and O–H groups in total. The van der Waals surface area contributed by atoms with Gasteiger partial charge in [0.25, 0.3) is 0 Å². The van der Waals surface area contributed by atoms with Gasteiger partial charge in [0.15, 0.2) is 5.75 Å². The first-order valence-corrected chi connectivity index (χ1v) is 11.2. The Morgan fingerprint density at radius 2 is 2.03 bits per heavy atom. The molecule has 1 saturated heterocycles. The molecule has 5 heterocycles. The topological polar surface area (TPSA) is 118 Å². The van der Waals surface area contributed by atoms with Gasteiger partial charge in [-0.1, -0.05) is 0 Å². The molecular weight excluding hydrogens is 423 g/mol. The summed E-state index contributed by atoms with van der Waals surface area (Å²) in [7, 11) is 1.79. The van der Waals surface area contributed by atoms with E-state index in [1.54, 1.807) is 25.5 Å². The second kappa shape index (κ2) is 6.50. The number of hydrogen-bond donors (Lipinski definition) is 3. The van der Waals surface area contributed by atoms with Crippen molar-refractivity contribution >= 4 is 33.4 Å². The van der Waals surface area contributed by atoms with Crippen LogP contribution in [0.4, 0.5) is 15.9 Å². The van der Waals surface area contributed by atoms with Gasteiger partial charge in [0.05, 0.1) is 29.0 Å². The van der Waals surface area contributed by atoms with Crippen molar-refractivity contribution in [2.45, 2.75) is 31.8 Å². The van der Waals surface area contributed by atoms with E-state index in [0.29, 0.717) is 46.7 Å². The Kier molecular flexibility index (Phi) is 3.74. The Bertz CT molecular complexity index is 1430. The largest absolute Gasteiger partial charge is 0.421 e. The van der Waals surface area contributed by atoms with Crippen molar-refractivity contribution in [2.75, 3.05) is 23.8 Å². The maximum Gasteiger partial charge on any atom is 0.326 e. The average Bonchev–Trinajstić information content (AvgIpc) is 3.27. The minimum atomic E-state index is -0.204. The summed E-state index contributed by atoms with van der Waals surface area (Å²) in [6.07, 6.45) is 4.78. The predicted molar refractivity (Wildman–Crippen MR) is 122 cm³/mol. The summed E-state index contributed by atoms with van der Waals surface area (Å²) >= 11 is 0. The minimum Gasteiger partial charge on any atom is -0.421 e. The van der Waals surface area contributed by atoms with Gasteiger partial charge in [-0.25, -0.2) is 14.4 Å². The Morgan fingerprint density at radius 3 is 2.79 bits per heavy atom. The van der Waals surface area contributed by atoms with Crippen molar-refractivity contribution in [1.82, 2.24) is 24.9 Å². The standard InChI is InChI=1S/C23H23FN8O/c1-9-27-6-10(7-28-9)33-23-30-21-19-18-12(14(24)5-16(26-2)20(18)29-21)4-17-11-3-15(25)13(11)8-32(17)22(19)31-23/h5-7,11,13,15,17,26H,3-4,8,25H2,1-2H3,(H,29,30,31). The van der Waals surface area contributed by atoms with Gasteiger partial charge in [-0.3, -0.25) is 0 Å². The second-order valence-electron chi connectivity index (χ2n) is 9.28. The molecule has 9 nitrogen and oxygen atoms in total. The number of anilines is 2. The number of rotatable bonds is 3. The van der Waals surface area contributed by atoms with Crippen molar-refractivity contribution in [3.63, 3.8) is 0 Å². The van der Waals surface area contributed by atoms with E-state index in [1.165, 1.54) is 0 Å². The van der Waals surface area contributed by atoms with Crippen LogP contribution < -0.4 is 20.7 Å². The van der Waals surface area contributed by atoms with Gasteiger partial charge in [0.2, 0.25) is 0 Å². The highest BCUT2D eigenvalue weighted by atomic mass is 19.1. The van der Waals surface area contributed by atoms with Crippen LogP contribution in [0.5, 0.6) is 11.8 Å². The molecule has 4 aromatic rings. The van der Waals surface area contributed by atoms with Crippen molar-refractivity contribution in [3.05, 3.63) is 35.7 Å². The number of H-pyrrole nitrogens is 1. The number of aromatic nitrogens is 5. The summed E-state index contributed by atoms with van der Waals surface area (Å²) in [6.45, 7) is 2.61. The predicted octanol–water partition coefficient (Wildman–Crippen LogP) is 2.89. The molecule has 4 atom stereocenters. The number of benzene rings is 1. The summed E-state index contributed by atoms with van der Waals surface area (Å²) in [5.74, 6) is 2.51. The lowest BCUT2D eigenvalue weighted by molar-refractivity contribution is 0.166. The van der Waals surface area contributed by atoms with E-state index in [-0.39, 0.29) is 23.9 Å². The monoisotopic (exact) mass is 446 g/mol. The van der Waals surface area contributed by atoms with Gasteiger partial charge in [-0.05, 0) is 37.7 Å². The number of nitrogens with zero attached hydrogens (tertiary/aromatic N) is 5. The maximum atomic E-state index is 15.4. The summed E-state index contributed by atoms with van der Waals surface area (Å²) in [5, 5.41) is 4.79. The van der Waals surface area contributed by atoms with E-state index >= 15 is 4.39 Å². The number of aromatic amines is 1. The van der Waals surface area contributed by atoms with Crippen LogP contribution in [0.15, 0.2) is 18.5 Å². The van der Waals surface area contributed by atoms with Crippen LogP contribution in [0.3, 0.4) is 0 Å². The molecule has 1 aromatic carbocycles. The first kappa shape index (κ1) is 19.0. The molecule has 1 saturated carbocycles. The highest BCUT2D eigenvalue weighted by Gasteiger charge is 2.53. The lowest BCUT2D eigenvalue weighted by Crippen LogP contribution is -2.49. The van der Waals surface area contributed by atoms with Crippen molar-refractivity contribution in [2.24, 2.45) is 17.6 Å². The molecular formula is C23H23FN8O. The van der Waals surface area contributed by atoms with Gasteiger partial charge in [0, 0.05) is 36.6 Å². The average molecular weight is 446 g/mol. The number of nitrogens with one attached hydrogen (secondary N) is 2. The molecule has 0 spiro atoms. The fourth-order valence-corrected chi connectivity index (χ4v) is 5.96. The maximum absolute atomic E-state index is 15.4. The summed E-state index contributed by atoms with van der Waals surface area (Å²) in [4.78, 5) is 23.6. The number of ether oxygens (including phenoxy) is 1. The number of hydrogen-bond acceptors (Lipinski definition) is 8. The zero-order chi connectivity index (χ0) is 22.4. The minimum absolute atomic E-state index is 0.147. The zero-order valence-corrected chi connectivity index (χ0v) is 18.3. The Morgan fingerprint density at radius 1 is 1.21 bits per heavy atom. The second-order valence-corrected chi connectivity index (χ2v) is 9.28.